The fraction of sp³-hybridized carbons (Fsp3) is 0.615. The van der Waals surface area contributed by atoms with E-state index in [1.807, 2.05) is 20.8 Å². The van der Waals surface area contributed by atoms with E-state index in [0.29, 0.717) is 6.54 Å². The largest absolute Gasteiger partial charge is 0.388 e. The number of aliphatic hydroxyl groups is 1. The van der Waals surface area contributed by atoms with Crippen LogP contribution in [0.25, 0.3) is 0 Å². The predicted molar refractivity (Wildman–Crippen MR) is 70.7 cm³/mol. The van der Waals surface area contributed by atoms with E-state index in [4.69, 9.17) is 0 Å². The van der Waals surface area contributed by atoms with E-state index in [0.717, 1.165) is 0 Å². The number of amides is 1. The van der Waals surface area contributed by atoms with Gasteiger partial charge < -0.3 is 10.4 Å². The van der Waals surface area contributed by atoms with E-state index in [9.17, 15) is 14.7 Å². The Morgan fingerprint density at radius 1 is 1.53 bits per heavy atom. The highest BCUT2D eigenvalue weighted by Crippen LogP contribution is 2.14. The Balaban J connectivity index is 2.61. The highest BCUT2D eigenvalue weighted by Gasteiger charge is 2.27. The molecule has 2 N–H and O–H groups in total. The van der Waals surface area contributed by atoms with E-state index in [2.05, 4.69) is 10.4 Å². The number of rotatable bonds is 6. The molecule has 0 fully saturated rings. The molecule has 1 aromatic heterocycles. The molecule has 1 atom stereocenters. The first-order valence-electron chi connectivity index (χ1n) is 6.35. The lowest BCUT2D eigenvalue weighted by molar-refractivity contribution is -0.118. The highest BCUT2D eigenvalue weighted by molar-refractivity contribution is 6.42. The molecule has 1 amide bonds. The van der Waals surface area contributed by atoms with E-state index in [-0.39, 0.29) is 18.0 Å². The number of hydrogen-bond acceptors (Lipinski definition) is 4. The molecule has 19 heavy (non-hydrogen) atoms. The van der Waals surface area contributed by atoms with Gasteiger partial charge in [0.05, 0.1) is 17.4 Å². The van der Waals surface area contributed by atoms with Crippen molar-refractivity contribution in [1.29, 1.82) is 0 Å². The molecular formula is C13H21N3O3. The SMILES string of the molecule is CCn1cc(C(=O)C(=O)NCC(C)(O)C(C)C)cn1. The Labute approximate surface area is 112 Å². The summed E-state index contributed by atoms with van der Waals surface area (Å²) in [4.78, 5) is 23.5. The second-order valence-corrected chi connectivity index (χ2v) is 5.11. The van der Waals surface area contributed by atoms with Crippen molar-refractivity contribution in [1.82, 2.24) is 15.1 Å². The minimum Gasteiger partial charge on any atom is -0.388 e. The molecule has 1 unspecified atom stereocenters. The fourth-order valence-corrected chi connectivity index (χ4v) is 1.33. The summed E-state index contributed by atoms with van der Waals surface area (Å²) in [5, 5.41) is 16.4. The number of nitrogens with one attached hydrogen (secondary N) is 1. The van der Waals surface area contributed by atoms with Crippen molar-refractivity contribution in [2.24, 2.45) is 5.92 Å². The number of carbonyl (C=O) groups is 2. The van der Waals surface area contributed by atoms with Crippen molar-refractivity contribution >= 4 is 11.7 Å². The number of ketones is 1. The quantitative estimate of drug-likeness (QED) is 0.584. The number of nitrogens with zero attached hydrogens (tertiary/aromatic N) is 2. The number of aromatic nitrogens is 2. The Bertz CT molecular complexity index is 463. The summed E-state index contributed by atoms with van der Waals surface area (Å²) >= 11 is 0. The van der Waals surface area contributed by atoms with Crippen LogP contribution in [0.15, 0.2) is 12.4 Å². The minimum absolute atomic E-state index is 0.0225. The van der Waals surface area contributed by atoms with Crippen LogP contribution < -0.4 is 5.32 Å². The molecule has 6 nitrogen and oxygen atoms in total. The summed E-state index contributed by atoms with van der Waals surface area (Å²) in [6.07, 6.45) is 2.90. The minimum atomic E-state index is -1.04. The van der Waals surface area contributed by atoms with Crippen molar-refractivity contribution in [2.75, 3.05) is 6.54 Å². The standard InChI is InChI=1S/C13H21N3O3/c1-5-16-7-10(6-15-16)11(17)12(18)14-8-13(4,19)9(2)3/h6-7,9,19H,5,8H2,1-4H3,(H,14,18). The number of Topliss-reactive ketones (excluding diaryl/α,β-unsaturated/α-hetero) is 1. The maximum Gasteiger partial charge on any atom is 0.292 e. The van der Waals surface area contributed by atoms with Gasteiger partial charge >= 0.3 is 0 Å². The number of hydrogen-bond donors (Lipinski definition) is 2. The lowest BCUT2D eigenvalue weighted by Gasteiger charge is -2.27. The summed E-state index contributed by atoms with van der Waals surface area (Å²) in [5.41, 5.74) is -0.785. The molecule has 1 rings (SSSR count). The molecule has 6 heteroatoms. The van der Waals surface area contributed by atoms with Crippen molar-refractivity contribution in [3.8, 4) is 0 Å². The van der Waals surface area contributed by atoms with Gasteiger partial charge in [-0.25, -0.2) is 0 Å². The summed E-state index contributed by atoms with van der Waals surface area (Å²) in [7, 11) is 0. The van der Waals surface area contributed by atoms with Crippen LogP contribution >= 0.6 is 0 Å². The van der Waals surface area contributed by atoms with Gasteiger partial charge in [-0.2, -0.15) is 5.10 Å². The Kier molecular flexibility index (Phi) is 4.83. The second-order valence-electron chi connectivity index (χ2n) is 5.11. The number of carbonyl (C=O) groups excluding carboxylic acids is 2. The summed E-state index contributed by atoms with van der Waals surface area (Å²) in [6, 6.07) is 0. The molecule has 106 valence electrons. The van der Waals surface area contributed by atoms with Gasteiger partial charge in [-0.15, -0.1) is 0 Å². The van der Waals surface area contributed by atoms with Crippen LogP contribution in [0.4, 0.5) is 0 Å². The molecule has 0 radical (unpaired) electrons. The van der Waals surface area contributed by atoms with Crippen molar-refractivity contribution in [2.45, 2.75) is 39.8 Å². The zero-order valence-electron chi connectivity index (χ0n) is 11.8. The zero-order valence-corrected chi connectivity index (χ0v) is 11.8. The van der Waals surface area contributed by atoms with Crippen LogP contribution in [0.2, 0.25) is 0 Å². The monoisotopic (exact) mass is 267 g/mol. The third-order valence-electron chi connectivity index (χ3n) is 3.28. The molecule has 0 aliphatic heterocycles. The average molecular weight is 267 g/mol. The Morgan fingerprint density at radius 3 is 2.63 bits per heavy atom. The van der Waals surface area contributed by atoms with E-state index < -0.39 is 17.3 Å². The van der Waals surface area contributed by atoms with Gasteiger partial charge in [-0.1, -0.05) is 13.8 Å². The summed E-state index contributed by atoms with van der Waals surface area (Å²) < 4.78 is 1.57. The van der Waals surface area contributed by atoms with Gasteiger partial charge in [-0.05, 0) is 19.8 Å². The van der Waals surface area contributed by atoms with Gasteiger partial charge in [0.15, 0.2) is 0 Å². The van der Waals surface area contributed by atoms with Crippen molar-refractivity contribution in [3.05, 3.63) is 18.0 Å². The van der Waals surface area contributed by atoms with Crippen LogP contribution in [-0.2, 0) is 11.3 Å². The first kappa shape index (κ1) is 15.4. The lowest BCUT2D eigenvalue weighted by atomic mass is 9.92. The zero-order chi connectivity index (χ0) is 14.6. The summed E-state index contributed by atoms with van der Waals surface area (Å²) in [6.45, 7) is 7.88. The predicted octanol–water partition coefficient (Wildman–Crippen LogP) is 0.609. The maximum atomic E-state index is 11.8. The van der Waals surface area contributed by atoms with Gasteiger partial charge in [0.2, 0.25) is 0 Å². The van der Waals surface area contributed by atoms with Crippen LogP contribution in [-0.4, -0.2) is 38.7 Å². The first-order valence-corrected chi connectivity index (χ1v) is 6.35. The number of aryl methyl sites for hydroxylation is 1. The van der Waals surface area contributed by atoms with Crippen LogP contribution in [0.1, 0.15) is 38.1 Å². The van der Waals surface area contributed by atoms with E-state index >= 15 is 0 Å². The molecule has 0 saturated heterocycles. The lowest BCUT2D eigenvalue weighted by Crippen LogP contribution is -2.46. The average Bonchev–Trinajstić information content (AvgIpc) is 2.83. The maximum absolute atomic E-state index is 11.8. The second kappa shape index (κ2) is 5.97. The normalized spacial score (nSPS) is 14.2. The van der Waals surface area contributed by atoms with Crippen molar-refractivity contribution < 1.29 is 14.7 Å². The van der Waals surface area contributed by atoms with Gasteiger partial charge in [0.25, 0.3) is 11.7 Å². The van der Waals surface area contributed by atoms with Crippen molar-refractivity contribution in [3.63, 3.8) is 0 Å². The molecule has 1 aromatic rings. The van der Waals surface area contributed by atoms with Gasteiger partial charge in [0.1, 0.15) is 0 Å². The van der Waals surface area contributed by atoms with Crippen LogP contribution in [0, 0.1) is 5.92 Å². The Morgan fingerprint density at radius 2 is 2.16 bits per heavy atom. The van der Waals surface area contributed by atoms with Crippen LogP contribution in [0.3, 0.4) is 0 Å². The van der Waals surface area contributed by atoms with E-state index in [1.165, 1.54) is 12.4 Å². The molecule has 0 bridgehead atoms. The van der Waals surface area contributed by atoms with E-state index in [1.54, 1.807) is 11.6 Å². The smallest absolute Gasteiger partial charge is 0.292 e. The third kappa shape index (κ3) is 3.89. The first-order chi connectivity index (χ1) is 8.77. The highest BCUT2D eigenvalue weighted by atomic mass is 16.3. The molecule has 0 aliphatic rings. The molecule has 0 spiro atoms. The summed E-state index contributed by atoms with van der Waals surface area (Å²) in [5.74, 6) is -1.39. The Hall–Kier alpha value is -1.69. The molecule has 0 aromatic carbocycles. The fourth-order valence-electron chi connectivity index (χ4n) is 1.33. The molecule has 1 heterocycles. The third-order valence-corrected chi connectivity index (χ3v) is 3.28. The van der Waals surface area contributed by atoms with Crippen LogP contribution in [0.5, 0.6) is 0 Å². The molecule has 0 aliphatic carbocycles. The molecule has 0 saturated carbocycles. The topological polar surface area (TPSA) is 84.2 Å². The molecular weight excluding hydrogens is 246 g/mol. The van der Waals surface area contributed by atoms with Gasteiger partial charge in [-0.3, -0.25) is 14.3 Å². The van der Waals surface area contributed by atoms with Gasteiger partial charge in [0, 0.05) is 19.3 Å².